The lowest BCUT2D eigenvalue weighted by Crippen LogP contribution is -2.22. The normalized spacial score (nSPS) is 11.2. The molecule has 7 nitrogen and oxygen atoms in total. The van der Waals surface area contributed by atoms with E-state index in [1.165, 1.54) is 11.8 Å². The third-order valence-electron chi connectivity index (χ3n) is 4.69. The number of pyridine rings is 1. The third kappa shape index (κ3) is 6.11. The summed E-state index contributed by atoms with van der Waals surface area (Å²) in [5.74, 6) is 0.0816. The Balaban J connectivity index is 1.71. The summed E-state index contributed by atoms with van der Waals surface area (Å²) in [4.78, 5) is 29.1. The van der Waals surface area contributed by atoms with Crippen LogP contribution in [0.2, 0.25) is 0 Å². The Bertz CT molecular complexity index is 1170. The number of hydrogen-bond donors (Lipinski definition) is 1. The molecule has 3 aromatic rings. The van der Waals surface area contributed by atoms with Crippen LogP contribution in [0.25, 0.3) is 11.3 Å². The van der Waals surface area contributed by atoms with Crippen molar-refractivity contribution in [3.05, 3.63) is 71.8 Å². The second-order valence-electron chi connectivity index (χ2n) is 6.94. The van der Waals surface area contributed by atoms with Crippen molar-refractivity contribution in [2.24, 2.45) is 0 Å². The van der Waals surface area contributed by atoms with Gasteiger partial charge in [0.1, 0.15) is 16.8 Å². The molecule has 0 saturated heterocycles. The molecule has 2 aromatic carbocycles. The van der Waals surface area contributed by atoms with E-state index in [4.69, 9.17) is 9.47 Å². The fourth-order valence-electron chi connectivity index (χ4n) is 2.91. The lowest BCUT2D eigenvalue weighted by atomic mass is 10.1. The van der Waals surface area contributed by atoms with Gasteiger partial charge in [-0.25, -0.2) is 9.78 Å². The van der Waals surface area contributed by atoms with Crippen LogP contribution in [0.4, 0.5) is 5.69 Å². The number of nitrogens with zero attached hydrogens (tertiary/aromatic N) is 2. The highest BCUT2D eigenvalue weighted by molar-refractivity contribution is 8.00. The Morgan fingerprint density at radius 2 is 1.79 bits per heavy atom. The maximum atomic E-state index is 12.7. The number of amides is 1. The van der Waals surface area contributed by atoms with Crippen molar-refractivity contribution in [3.63, 3.8) is 0 Å². The number of anilines is 1. The van der Waals surface area contributed by atoms with Gasteiger partial charge in [0.15, 0.2) is 0 Å². The molecule has 33 heavy (non-hydrogen) atoms. The molecular formula is C25H23N3O4S. The molecule has 168 valence electrons. The van der Waals surface area contributed by atoms with E-state index in [9.17, 15) is 14.9 Å². The highest BCUT2D eigenvalue weighted by atomic mass is 32.2. The lowest BCUT2D eigenvalue weighted by Gasteiger charge is -2.13. The van der Waals surface area contributed by atoms with Gasteiger partial charge in [-0.2, -0.15) is 5.26 Å². The van der Waals surface area contributed by atoms with E-state index in [1.807, 2.05) is 24.3 Å². The molecule has 1 heterocycles. The van der Waals surface area contributed by atoms with Crippen LogP contribution in [0.15, 0.2) is 65.7 Å². The summed E-state index contributed by atoms with van der Waals surface area (Å²) in [7, 11) is 1.60. The van der Waals surface area contributed by atoms with Crippen molar-refractivity contribution in [1.82, 2.24) is 4.98 Å². The van der Waals surface area contributed by atoms with Crippen LogP contribution in [-0.4, -0.2) is 35.8 Å². The fourth-order valence-corrected chi connectivity index (χ4v) is 3.80. The first kappa shape index (κ1) is 23.8. The summed E-state index contributed by atoms with van der Waals surface area (Å²) in [6.07, 6.45) is 0. The van der Waals surface area contributed by atoms with Gasteiger partial charge in [-0.1, -0.05) is 11.8 Å². The largest absolute Gasteiger partial charge is 0.497 e. The van der Waals surface area contributed by atoms with E-state index in [2.05, 4.69) is 16.4 Å². The Hall–Kier alpha value is -3.83. The van der Waals surface area contributed by atoms with E-state index in [0.29, 0.717) is 34.1 Å². The Morgan fingerprint density at radius 3 is 2.39 bits per heavy atom. The number of thioether (sulfide) groups is 1. The molecular weight excluding hydrogens is 438 g/mol. The quantitative estimate of drug-likeness (QED) is 0.375. The standard InChI is InChI=1S/C25H23N3O4S/c1-4-32-25(30)18-5-10-20(11-6-18)27-23(29)16(2)33-24-19(15-26)9-14-22(28-24)17-7-12-21(31-3)13-8-17/h5-14,16H,4H2,1-3H3,(H,27,29). The minimum Gasteiger partial charge on any atom is -0.497 e. The van der Waals surface area contributed by atoms with Crippen LogP contribution < -0.4 is 10.1 Å². The van der Waals surface area contributed by atoms with Crippen molar-refractivity contribution in [2.75, 3.05) is 19.0 Å². The number of nitrogens with one attached hydrogen (secondary N) is 1. The molecule has 8 heteroatoms. The number of carbonyl (C=O) groups excluding carboxylic acids is 2. The number of carbonyl (C=O) groups is 2. The number of aromatic nitrogens is 1. The fraction of sp³-hybridized carbons (Fsp3) is 0.200. The number of rotatable bonds is 8. The number of ether oxygens (including phenoxy) is 2. The van der Waals surface area contributed by atoms with Crippen molar-refractivity contribution < 1.29 is 19.1 Å². The summed E-state index contributed by atoms with van der Waals surface area (Å²) in [5, 5.41) is 12.3. The van der Waals surface area contributed by atoms with Gasteiger partial charge in [-0.15, -0.1) is 0 Å². The van der Waals surface area contributed by atoms with Gasteiger partial charge in [-0.3, -0.25) is 4.79 Å². The van der Waals surface area contributed by atoms with Crippen LogP contribution in [0.3, 0.4) is 0 Å². The summed E-state index contributed by atoms with van der Waals surface area (Å²) >= 11 is 1.21. The zero-order valence-electron chi connectivity index (χ0n) is 18.5. The third-order valence-corrected chi connectivity index (χ3v) is 5.79. The molecule has 0 radical (unpaired) electrons. The van der Waals surface area contributed by atoms with E-state index < -0.39 is 11.2 Å². The Labute approximate surface area is 196 Å². The number of benzene rings is 2. The molecule has 1 N–H and O–H groups in total. The predicted molar refractivity (Wildman–Crippen MR) is 127 cm³/mol. The first-order chi connectivity index (χ1) is 15.9. The van der Waals surface area contributed by atoms with Crippen LogP contribution in [0, 0.1) is 11.3 Å². The van der Waals surface area contributed by atoms with Gasteiger partial charge in [0.2, 0.25) is 5.91 Å². The van der Waals surface area contributed by atoms with Gasteiger partial charge >= 0.3 is 5.97 Å². The second kappa shape index (κ2) is 11.2. The molecule has 1 atom stereocenters. The van der Waals surface area contributed by atoms with E-state index in [-0.39, 0.29) is 5.91 Å². The van der Waals surface area contributed by atoms with E-state index >= 15 is 0 Å². The van der Waals surface area contributed by atoms with Crippen LogP contribution in [0.5, 0.6) is 5.75 Å². The summed E-state index contributed by atoms with van der Waals surface area (Å²) < 4.78 is 10.1. The first-order valence-electron chi connectivity index (χ1n) is 10.3. The minimum absolute atomic E-state index is 0.246. The maximum Gasteiger partial charge on any atom is 0.338 e. The zero-order chi connectivity index (χ0) is 23.8. The Kier molecular flexibility index (Phi) is 8.06. The second-order valence-corrected chi connectivity index (χ2v) is 8.27. The SMILES string of the molecule is CCOC(=O)c1ccc(NC(=O)C(C)Sc2nc(-c3ccc(OC)cc3)ccc2C#N)cc1. The van der Waals surface area contributed by atoms with Gasteiger partial charge in [0.05, 0.1) is 35.8 Å². The summed E-state index contributed by atoms with van der Waals surface area (Å²) in [5.41, 5.74) is 2.94. The van der Waals surface area contributed by atoms with Crippen molar-refractivity contribution in [1.29, 1.82) is 5.26 Å². The number of methoxy groups -OCH3 is 1. The number of hydrogen-bond acceptors (Lipinski definition) is 7. The number of esters is 1. The first-order valence-corrected chi connectivity index (χ1v) is 11.1. The van der Waals surface area contributed by atoms with Crippen LogP contribution in [0.1, 0.15) is 29.8 Å². The predicted octanol–water partition coefficient (Wildman–Crippen LogP) is 4.92. The van der Waals surface area contributed by atoms with E-state index in [1.54, 1.807) is 57.4 Å². The molecule has 0 saturated carbocycles. The molecule has 0 spiro atoms. The molecule has 0 aliphatic carbocycles. The molecule has 1 unspecified atom stereocenters. The van der Waals surface area contributed by atoms with Crippen molar-refractivity contribution >= 4 is 29.3 Å². The van der Waals surface area contributed by atoms with Crippen LogP contribution in [-0.2, 0) is 9.53 Å². The minimum atomic E-state index is -0.513. The Morgan fingerprint density at radius 1 is 1.09 bits per heavy atom. The topological polar surface area (TPSA) is 101 Å². The highest BCUT2D eigenvalue weighted by Gasteiger charge is 2.19. The monoisotopic (exact) mass is 461 g/mol. The number of nitriles is 1. The molecule has 0 aliphatic rings. The van der Waals surface area contributed by atoms with Gasteiger partial charge in [0.25, 0.3) is 0 Å². The van der Waals surface area contributed by atoms with Gasteiger partial charge in [0, 0.05) is 11.3 Å². The molecule has 0 fully saturated rings. The molecule has 1 amide bonds. The molecule has 0 bridgehead atoms. The van der Waals surface area contributed by atoms with Gasteiger partial charge in [-0.05, 0) is 74.5 Å². The van der Waals surface area contributed by atoms with Crippen molar-refractivity contribution in [2.45, 2.75) is 24.1 Å². The van der Waals surface area contributed by atoms with Crippen molar-refractivity contribution in [3.8, 4) is 23.1 Å². The highest BCUT2D eigenvalue weighted by Crippen LogP contribution is 2.29. The molecule has 1 aromatic heterocycles. The lowest BCUT2D eigenvalue weighted by molar-refractivity contribution is -0.115. The molecule has 0 aliphatic heterocycles. The average molecular weight is 462 g/mol. The van der Waals surface area contributed by atoms with E-state index in [0.717, 1.165) is 11.3 Å². The zero-order valence-corrected chi connectivity index (χ0v) is 19.3. The molecule has 3 rings (SSSR count). The summed E-state index contributed by atoms with van der Waals surface area (Å²) in [6.45, 7) is 3.78. The summed E-state index contributed by atoms with van der Waals surface area (Å²) in [6, 6.07) is 19.5. The van der Waals surface area contributed by atoms with Gasteiger partial charge < -0.3 is 14.8 Å². The maximum absolute atomic E-state index is 12.7. The average Bonchev–Trinajstić information content (AvgIpc) is 2.84. The smallest absolute Gasteiger partial charge is 0.338 e. The van der Waals surface area contributed by atoms with Crippen LogP contribution >= 0.6 is 11.8 Å².